The Morgan fingerprint density at radius 1 is 0.635 bits per heavy atom. The van der Waals surface area contributed by atoms with Crippen LogP contribution in [0.1, 0.15) is 164 Å². The van der Waals surface area contributed by atoms with Gasteiger partial charge in [0.2, 0.25) is 5.82 Å². The molecule has 6 aromatic rings. The van der Waals surface area contributed by atoms with Gasteiger partial charge in [-0.15, -0.1) is 0 Å². The molecule has 3 amide bonds. The number of aliphatic hydroxyl groups is 7. The molecule has 3 saturated heterocycles. The Balaban J connectivity index is 0.663. The number of hydrogen-bond donors (Lipinski definition) is 14. The lowest BCUT2D eigenvalue weighted by molar-refractivity contribution is -0.144. The highest BCUT2D eigenvalue weighted by Crippen LogP contribution is 2.46. The number of phosphoric acid groups is 1. The molecule has 0 radical (unpaired) electrons. The Kier molecular flexibility index (Phi) is 23.9. The lowest BCUT2D eigenvalue weighted by Crippen LogP contribution is -2.44. The molecule has 34 nitrogen and oxygen atoms in total. The minimum atomic E-state index is -5.10. The number of phosphoric ester groups is 1. The van der Waals surface area contributed by atoms with Crippen molar-refractivity contribution in [1.82, 2.24) is 49.1 Å². The molecule has 3 aliphatic heterocycles. The topological polar surface area (TPSA) is 515 Å². The van der Waals surface area contributed by atoms with E-state index in [1.165, 1.54) is 35.4 Å². The molecule has 0 spiro atoms. The average molecular weight is 1380 g/mol. The number of fused-ring (bicyclic) bond motifs is 3. The lowest BCUT2D eigenvalue weighted by Gasteiger charge is -2.27. The average Bonchev–Trinajstić information content (AvgIpc) is 1.60. The zero-order chi connectivity index (χ0) is 69.6. The summed E-state index contributed by atoms with van der Waals surface area (Å²) in [6, 6.07) is 0. The van der Waals surface area contributed by atoms with Gasteiger partial charge >= 0.3 is 14.0 Å². The molecule has 38 heteroatoms. The zero-order valence-corrected chi connectivity index (χ0v) is 53.8. The van der Waals surface area contributed by atoms with Gasteiger partial charge in [-0.3, -0.25) is 28.3 Å². The second-order valence-corrected chi connectivity index (χ2v) is 25.6. The fourth-order valence-corrected chi connectivity index (χ4v) is 12.9. The van der Waals surface area contributed by atoms with E-state index < -0.39 is 136 Å². The monoisotopic (exact) mass is 1380 g/mol. The maximum atomic E-state index is 14.5. The first-order chi connectivity index (χ1) is 45.6. The number of carbonyl (C=O) groups excluding carboxylic acids is 3. The van der Waals surface area contributed by atoms with E-state index in [2.05, 4.69) is 40.7 Å². The van der Waals surface area contributed by atoms with Crippen molar-refractivity contribution >= 4 is 76.1 Å². The predicted octanol–water partition coefficient (Wildman–Crippen LogP) is 2.24. The van der Waals surface area contributed by atoms with E-state index in [0.29, 0.717) is 19.4 Å². The summed E-state index contributed by atoms with van der Waals surface area (Å²) < 4.78 is 92.9. The van der Waals surface area contributed by atoms with Crippen molar-refractivity contribution < 1.29 is 106 Å². The highest BCUT2D eigenvalue weighted by atomic mass is 31.2. The van der Waals surface area contributed by atoms with E-state index in [-0.39, 0.29) is 93.0 Å². The molecule has 0 aromatic carbocycles. The number of aryl methyl sites for hydroxylation is 2. The lowest BCUT2D eigenvalue weighted by atomic mass is 9.96. The number of anilines is 3. The Morgan fingerprint density at radius 3 is 1.72 bits per heavy atom. The van der Waals surface area contributed by atoms with Crippen molar-refractivity contribution in [3.8, 4) is 0 Å². The van der Waals surface area contributed by atoms with E-state index >= 15 is 0 Å². The molecule has 9 heterocycles. The quantitative estimate of drug-likeness (QED) is 0.0154. The van der Waals surface area contributed by atoms with Crippen molar-refractivity contribution in [3.63, 3.8) is 0 Å². The van der Waals surface area contributed by atoms with Crippen LogP contribution in [0.25, 0.3) is 33.1 Å². The molecule has 13 atom stereocenters. The van der Waals surface area contributed by atoms with Gasteiger partial charge in [-0.05, 0) is 40.0 Å². The van der Waals surface area contributed by atoms with Crippen LogP contribution in [0, 0.1) is 13.8 Å². The van der Waals surface area contributed by atoms with Crippen LogP contribution in [0.15, 0.2) is 18.6 Å². The molecule has 1 unspecified atom stereocenters. The number of carbonyl (C=O) groups is 3. The van der Waals surface area contributed by atoms with E-state index in [9.17, 15) is 72.8 Å². The maximum Gasteiger partial charge on any atom is 0.472 e. The van der Waals surface area contributed by atoms with Crippen LogP contribution in [-0.2, 0) is 43.6 Å². The summed E-state index contributed by atoms with van der Waals surface area (Å²) in [6.07, 6.45) is -5.64. The number of nitrogens with two attached hydrogens (primary N) is 4. The molecular weight excluding hydrogens is 1300 g/mol. The molecule has 6 aromatic heterocycles. The predicted molar refractivity (Wildman–Crippen MR) is 331 cm³/mol. The van der Waals surface area contributed by atoms with Crippen molar-refractivity contribution in [1.29, 1.82) is 0 Å². The maximum absolute atomic E-state index is 14.5. The number of ether oxygens (including phenoxy) is 4. The molecule has 0 aliphatic carbocycles. The number of halogens is 3. The molecule has 0 saturated carbocycles. The Labute approximate surface area is 546 Å². The fraction of sp³-hybridized carbons (Fsp3) is 0.638. The van der Waals surface area contributed by atoms with Crippen LogP contribution >= 0.6 is 7.82 Å². The number of unbranched alkanes of at least 4 members (excludes halogenated alkanes) is 12. The minimum absolute atomic E-state index is 0.0238. The van der Waals surface area contributed by atoms with Gasteiger partial charge < -0.3 is 102 Å². The molecule has 3 fully saturated rings. The first kappa shape index (κ1) is 73.3. The van der Waals surface area contributed by atoms with E-state index in [1.54, 1.807) is 6.92 Å². The van der Waals surface area contributed by atoms with Crippen LogP contribution in [0.3, 0.4) is 0 Å². The van der Waals surface area contributed by atoms with Gasteiger partial charge in [-0.2, -0.15) is 13.2 Å². The summed E-state index contributed by atoms with van der Waals surface area (Å²) >= 11 is 0. The first-order valence-corrected chi connectivity index (χ1v) is 33.0. The minimum Gasteiger partial charge on any atom is -0.394 e. The van der Waals surface area contributed by atoms with E-state index in [4.69, 9.17) is 55.8 Å². The highest BCUT2D eigenvalue weighted by molar-refractivity contribution is 7.47. The number of alkyl halides is 3. The van der Waals surface area contributed by atoms with Crippen LogP contribution in [0.4, 0.5) is 30.6 Å². The SMILES string of the molecule is Cc1nc(N)c2c(C(N)=O)cn([C@@H]3O[C@H](COP(=O)(O)OCCCOCCCCCCCCCCCCCCCNc4nc(C(F)(F)F)nc5c4c(C(N)=O)cn5[C@H]4O[C@H](CO)[C@@H](O)[C@H]4ONC(=O)c4cn([C@@H]5O[C@H](CO)[C@@H](O)[C@@]5(C)O)c5nc(C)nc(N)c45)[C@@H](O)[C@H]3O)c2n1. The van der Waals surface area contributed by atoms with Gasteiger partial charge in [0.15, 0.2) is 24.8 Å². The van der Waals surface area contributed by atoms with Crippen LogP contribution in [0.2, 0.25) is 0 Å². The summed E-state index contributed by atoms with van der Waals surface area (Å²) in [4.78, 5) is 79.6. The molecule has 9 rings (SSSR count). The van der Waals surface area contributed by atoms with Gasteiger partial charge in [-0.1, -0.05) is 70.6 Å². The number of rotatable bonds is 35. The third kappa shape index (κ3) is 16.3. The van der Waals surface area contributed by atoms with Gasteiger partial charge in [0, 0.05) is 38.3 Å². The molecule has 96 heavy (non-hydrogen) atoms. The largest absolute Gasteiger partial charge is 0.472 e. The van der Waals surface area contributed by atoms with Crippen LogP contribution in [-0.4, -0.2) is 203 Å². The van der Waals surface area contributed by atoms with E-state index in [1.807, 2.05) is 0 Å². The second-order valence-electron chi connectivity index (χ2n) is 24.1. The Bertz CT molecular complexity index is 3770. The van der Waals surface area contributed by atoms with E-state index in [0.717, 1.165) is 87.8 Å². The van der Waals surface area contributed by atoms with Crippen LogP contribution < -0.4 is 33.7 Å². The third-order valence-corrected chi connectivity index (χ3v) is 18.0. The molecule has 3 aliphatic rings. The molecule has 18 N–H and O–H groups in total. The zero-order valence-electron chi connectivity index (χ0n) is 52.9. The standard InChI is InChI=1S/C58H83F3N15O19P/c1-28-67-44(62)36-30(46(64)83)22-74(49(36)69-28)53-41(81)39(79)35(93-53)27-91-96(87,88)90-21-17-20-89-19-16-14-12-10-8-6-4-5-7-9-11-13-15-18-66-48-38-31(47(65)84)23-75(51(38)72-55(71-48)58(59,60)61)54-42(40(80)33(25-77)92-54)95-73-52(85)32-24-76(50-37(32)45(63)68-29(2)70-50)56-57(3,86)43(82)34(26-78)94-56/h22-24,33-35,39-43,53-54,56,77-82,86H,4-21,25-27H2,1-3H3,(H2,64,83)(H2,65,84)(H,73,85)(H,87,88)(H2,62,67,69)(H2,63,68,70)(H,66,71,72)/t33-,34-,35-,39-,40-,41-,42-,43-,53-,54+,56-,57-/m1/s1. The van der Waals surface area contributed by atoms with Crippen molar-refractivity contribution in [2.24, 2.45) is 11.5 Å². The number of nitrogen functional groups attached to an aromatic ring is 2. The molecular formula is C58H83F3N15O19P. The first-order valence-electron chi connectivity index (χ1n) is 31.5. The van der Waals surface area contributed by atoms with Gasteiger partial charge in [0.1, 0.15) is 94.4 Å². The smallest absolute Gasteiger partial charge is 0.394 e. The number of aliphatic hydroxyl groups excluding tert-OH is 6. The number of nitrogens with one attached hydrogen (secondary N) is 2. The number of aromatic nitrogens is 9. The fourth-order valence-electron chi connectivity index (χ4n) is 12.1. The van der Waals surface area contributed by atoms with Gasteiger partial charge in [0.25, 0.3) is 17.7 Å². The molecule has 530 valence electrons. The summed E-state index contributed by atoms with van der Waals surface area (Å²) in [5.74, 6) is -4.74. The van der Waals surface area contributed by atoms with Gasteiger partial charge in [0.05, 0.1) is 59.3 Å². The van der Waals surface area contributed by atoms with Crippen molar-refractivity contribution in [3.05, 3.63) is 52.8 Å². The molecule has 0 bridgehead atoms. The number of amides is 3. The summed E-state index contributed by atoms with van der Waals surface area (Å²) in [7, 11) is -4.59. The number of primary amides is 2. The third-order valence-electron chi connectivity index (χ3n) is 17.0. The summed E-state index contributed by atoms with van der Waals surface area (Å²) in [6.45, 7) is 2.97. The van der Waals surface area contributed by atoms with Crippen molar-refractivity contribution in [2.75, 3.05) is 63.0 Å². The summed E-state index contributed by atoms with van der Waals surface area (Å²) in [5, 5.41) is 77.7. The highest BCUT2D eigenvalue weighted by Gasteiger charge is 2.54. The normalized spacial score (nSPS) is 25.2. The number of hydroxylamine groups is 1. The van der Waals surface area contributed by atoms with Gasteiger partial charge in [-0.25, -0.2) is 39.9 Å². The summed E-state index contributed by atoms with van der Waals surface area (Å²) in [5.41, 5.74) is 22.7. The Hall–Kier alpha value is -6.91. The number of nitrogens with zero attached hydrogens (tertiary/aromatic N) is 9. The number of hydrogen-bond acceptors (Lipinski definition) is 27. The Morgan fingerprint density at radius 2 is 1.15 bits per heavy atom. The van der Waals surface area contributed by atoms with Crippen molar-refractivity contribution in [2.45, 2.75) is 190 Å². The van der Waals surface area contributed by atoms with Crippen LogP contribution in [0.5, 0.6) is 0 Å². The second kappa shape index (κ2) is 31.3.